The van der Waals surface area contributed by atoms with E-state index < -0.39 is 0 Å². The third-order valence-corrected chi connectivity index (χ3v) is 5.52. The first-order chi connectivity index (χ1) is 14.6. The lowest BCUT2D eigenvalue weighted by molar-refractivity contribution is 0.324. The second kappa shape index (κ2) is 8.62. The Labute approximate surface area is 178 Å². The van der Waals surface area contributed by atoms with Gasteiger partial charge in [0.25, 0.3) is 0 Å². The number of hydrogen-bond donors (Lipinski definition) is 0. The molecule has 0 radical (unpaired) electrons. The minimum absolute atomic E-state index is 0.382. The summed E-state index contributed by atoms with van der Waals surface area (Å²) in [7, 11) is 4.69. The van der Waals surface area contributed by atoms with Crippen molar-refractivity contribution in [3.05, 3.63) is 53.9 Å². The lowest BCUT2D eigenvalue weighted by atomic mass is 10.1. The molecule has 0 aliphatic rings. The van der Waals surface area contributed by atoms with Gasteiger partial charge in [0.15, 0.2) is 11.5 Å². The number of aromatic nitrogens is 3. The summed E-state index contributed by atoms with van der Waals surface area (Å²) in [6, 6.07) is 13.7. The Bertz CT molecular complexity index is 1170. The van der Waals surface area contributed by atoms with Crippen LogP contribution in [0.2, 0.25) is 0 Å². The van der Waals surface area contributed by atoms with Crippen LogP contribution in [0.25, 0.3) is 22.4 Å². The third-order valence-electron chi connectivity index (χ3n) is 4.62. The van der Waals surface area contributed by atoms with Crippen molar-refractivity contribution < 1.29 is 18.6 Å². The molecule has 0 atom stereocenters. The van der Waals surface area contributed by atoms with E-state index in [4.69, 9.17) is 23.6 Å². The summed E-state index contributed by atoms with van der Waals surface area (Å²) in [6.45, 7) is 2.09. The Balaban J connectivity index is 1.55. The number of para-hydroxylation sites is 1. The fraction of sp³-hybridized carbons (Fsp3) is 0.227. The van der Waals surface area contributed by atoms with Crippen molar-refractivity contribution >= 4 is 22.7 Å². The summed E-state index contributed by atoms with van der Waals surface area (Å²) < 4.78 is 22.0. The Morgan fingerprint density at radius 2 is 1.67 bits per heavy atom. The van der Waals surface area contributed by atoms with Crippen molar-refractivity contribution in [2.24, 2.45) is 0 Å². The van der Waals surface area contributed by atoms with Crippen LogP contribution in [-0.2, 0) is 5.75 Å². The van der Waals surface area contributed by atoms with Crippen molar-refractivity contribution in [1.29, 1.82) is 0 Å². The molecule has 0 saturated carbocycles. The Morgan fingerprint density at radius 3 is 2.37 bits per heavy atom. The molecule has 0 fully saturated rings. The van der Waals surface area contributed by atoms with Gasteiger partial charge in [-0.2, -0.15) is 0 Å². The molecule has 30 heavy (non-hydrogen) atoms. The molecule has 0 aliphatic carbocycles. The normalized spacial score (nSPS) is 10.9. The van der Waals surface area contributed by atoms with E-state index in [0.717, 1.165) is 15.9 Å². The zero-order chi connectivity index (χ0) is 21.1. The molecule has 0 saturated heterocycles. The number of benzene rings is 2. The van der Waals surface area contributed by atoms with Gasteiger partial charge in [0.05, 0.1) is 37.6 Å². The number of methoxy groups -OCH3 is 3. The van der Waals surface area contributed by atoms with Crippen LogP contribution in [0.5, 0.6) is 17.2 Å². The third kappa shape index (κ3) is 3.91. The first-order valence-corrected chi connectivity index (χ1v) is 10.2. The highest BCUT2D eigenvalue weighted by Crippen LogP contribution is 2.41. The molecular formula is C22H21N3O4S. The zero-order valence-corrected chi connectivity index (χ0v) is 17.9. The number of thioether (sulfide) groups is 1. The maximum absolute atomic E-state index is 5.86. The number of hydrogen-bond acceptors (Lipinski definition) is 8. The van der Waals surface area contributed by atoms with Gasteiger partial charge in [-0.25, -0.2) is 4.98 Å². The molecule has 4 aromatic rings. The van der Waals surface area contributed by atoms with Crippen molar-refractivity contribution in [1.82, 2.24) is 15.2 Å². The quantitative estimate of drug-likeness (QED) is 0.388. The molecule has 2 aromatic carbocycles. The smallest absolute Gasteiger partial charge is 0.248 e. The largest absolute Gasteiger partial charge is 0.493 e. The maximum Gasteiger partial charge on any atom is 0.248 e. The van der Waals surface area contributed by atoms with Gasteiger partial charge in [-0.15, -0.1) is 10.2 Å². The average molecular weight is 423 g/mol. The van der Waals surface area contributed by atoms with Crippen molar-refractivity contribution in [3.63, 3.8) is 0 Å². The molecule has 0 bridgehead atoms. The summed E-state index contributed by atoms with van der Waals surface area (Å²) in [5.41, 5.74) is 2.85. The first-order valence-electron chi connectivity index (χ1n) is 9.25. The van der Waals surface area contributed by atoms with E-state index in [9.17, 15) is 0 Å². The fourth-order valence-corrected chi connectivity index (χ4v) is 3.97. The van der Waals surface area contributed by atoms with Gasteiger partial charge in [0.1, 0.15) is 0 Å². The fourth-order valence-electron chi connectivity index (χ4n) is 3.16. The SMILES string of the molecule is COc1cc(-c2nnc(CSc3cc(C)c4ccccc4n3)o2)cc(OC)c1OC. The van der Waals surface area contributed by atoms with E-state index in [2.05, 4.69) is 29.3 Å². The minimum Gasteiger partial charge on any atom is -0.493 e. The molecule has 0 spiro atoms. The average Bonchev–Trinajstić information content (AvgIpc) is 3.25. The van der Waals surface area contributed by atoms with Crippen LogP contribution in [0, 0.1) is 6.92 Å². The number of ether oxygens (including phenoxy) is 3. The van der Waals surface area contributed by atoms with Crippen LogP contribution in [0.15, 0.2) is 51.9 Å². The van der Waals surface area contributed by atoms with Crippen molar-refractivity contribution in [2.45, 2.75) is 17.7 Å². The highest BCUT2D eigenvalue weighted by molar-refractivity contribution is 7.98. The highest BCUT2D eigenvalue weighted by Gasteiger charge is 2.17. The molecule has 0 N–H and O–H groups in total. The maximum atomic E-state index is 5.86. The minimum atomic E-state index is 0.382. The van der Waals surface area contributed by atoms with Gasteiger partial charge >= 0.3 is 0 Å². The van der Waals surface area contributed by atoms with Crippen LogP contribution in [0.3, 0.4) is 0 Å². The summed E-state index contributed by atoms with van der Waals surface area (Å²) in [6.07, 6.45) is 0. The van der Waals surface area contributed by atoms with Gasteiger partial charge < -0.3 is 18.6 Å². The summed E-state index contributed by atoms with van der Waals surface area (Å²) in [5.74, 6) is 2.97. The Kier molecular flexibility index (Phi) is 5.76. The van der Waals surface area contributed by atoms with Crippen LogP contribution >= 0.6 is 11.8 Å². The van der Waals surface area contributed by atoms with Crippen LogP contribution < -0.4 is 14.2 Å². The van der Waals surface area contributed by atoms with Gasteiger partial charge in [0.2, 0.25) is 17.5 Å². The van der Waals surface area contributed by atoms with E-state index >= 15 is 0 Å². The number of fused-ring (bicyclic) bond motifs is 1. The van der Waals surface area contributed by atoms with E-state index in [0.29, 0.717) is 40.3 Å². The van der Waals surface area contributed by atoms with Gasteiger partial charge in [-0.05, 0) is 36.8 Å². The van der Waals surface area contributed by atoms with Crippen LogP contribution in [0.1, 0.15) is 11.5 Å². The molecule has 154 valence electrons. The number of pyridine rings is 1. The monoisotopic (exact) mass is 423 g/mol. The molecule has 0 amide bonds. The van der Waals surface area contributed by atoms with Gasteiger partial charge in [-0.1, -0.05) is 30.0 Å². The second-order valence-electron chi connectivity index (χ2n) is 6.50. The summed E-state index contributed by atoms with van der Waals surface area (Å²) >= 11 is 1.56. The predicted octanol–water partition coefficient (Wildman–Crippen LogP) is 4.91. The molecular weight excluding hydrogens is 402 g/mol. The molecule has 7 nitrogen and oxygen atoms in total. The van der Waals surface area contributed by atoms with Gasteiger partial charge in [-0.3, -0.25) is 0 Å². The molecule has 8 heteroatoms. The second-order valence-corrected chi connectivity index (χ2v) is 7.49. The number of nitrogens with zero attached hydrogens (tertiary/aromatic N) is 3. The molecule has 2 heterocycles. The molecule has 2 aromatic heterocycles. The van der Waals surface area contributed by atoms with Crippen molar-refractivity contribution in [3.8, 4) is 28.7 Å². The number of aryl methyl sites for hydroxylation is 1. The lowest BCUT2D eigenvalue weighted by Crippen LogP contribution is -1.95. The van der Waals surface area contributed by atoms with E-state index in [1.54, 1.807) is 45.2 Å². The highest BCUT2D eigenvalue weighted by atomic mass is 32.2. The van der Waals surface area contributed by atoms with E-state index in [-0.39, 0.29) is 0 Å². The predicted molar refractivity (Wildman–Crippen MR) is 115 cm³/mol. The zero-order valence-electron chi connectivity index (χ0n) is 17.1. The summed E-state index contributed by atoms with van der Waals surface area (Å²) in [4.78, 5) is 4.71. The first kappa shape index (κ1) is 20.0. The summed E-state index contributed by atoms with van der Waals surface area (Å²) in [5, 5.41) is 10.4. The molecule has 0 unspecified atom stereocenters. The van der Waals surface area contributed by atoms with Crippen LogP contribution in [0.4, 0.5) is 0 Å². The standard InChI is InChI=1S/C22H21N3O4S/c1-13-9-20(23-16-8-6-5-7-15(13)16)30-12-19-24-25-22(29-19)14-10-17(26-2)21(28-4)18(11-14)27-3/h5-11H,12H2,1-4H3. The lowest BCUT2D eigenvalue weighted by Gasteiger charge is -2.12. The Morgan fingerprint density at radius 1 is 0.933 bits per heavy atom. The van der Waals surface area contributed by atoms with E-state index in [1.807, 2.05) is 18.2 Å². The number of rotatable bonds is 7. The van der Waals surface area contributed by atoms with E-state index in [1.165, 1.54) is 5.56 Å². The molecule has 0 aliphatic heterocycles. The van der Waals surface area contributed by atoms with Crippen molar-refractivity contribution in [2.75, 3.05) is 21.3 Å². The van der Waals surface area contributed by atoms with Gasteiger partial charge in [0, 0.05) is 10.9 Å². The Hall–Kier alpha value is -3.26. The van der Waals surface area contributed by atoms with Crippen LogP contribution in [-0.4, -0.2) is 36.5 Å². The topological polar surface area (TPSA) is 79.5 Å². The molecule has 4 rings (SSSR count).